The predicted molar refractivity (Wildman–Crippen MR) is 88.2 cm³/mol. The first kappa shape index (κ1) is 15.0. The number of rotatable bonds is 5. The number of ether oxygens (including phenoxy) is 1. The van der Waals surface area contributed by atoms with Crippen molar-refractivity contribution in [3.05, 3.63) is 49.0 Å². The van der Waals surface area contributed by atoms with Crippen LogP contribution < -0.4 is 10.1 Å². The Labute approximate surface area is 134 Å². The van der Waals surface area contributed by atoms with Crippen molar-refractivity contribution in [2.45, 2.75) is 12.5 Å². The van der Waals surface area contributed by atoms with Crippen LogP contribution in [0.4, 0.5) is 0 Å². The lowest BCUT2D eigenvalue weighted by Gasteiger charge is -2.18. The molecule has 0 aliphatic rings. The maximum Gasteiger partial charge on any atom is 0.119 e. The zero-order chi connectivity index (χ0) is 13.8. The molecule has 0 saturated heterocycles. The minimum Gasteiger partial charge on any atom is -0.497 e. The molecular formula is C14H15Br2NOS. The molecule has 0 amide bonds. The Morgan fingerprint density at radius 1 is 1.32 bits per heavy atom. The van der Waals surface area contributed by atoms with Gasteiger partial charge in [0.25, 0.3) is 0 Å². The van der Waals surface area contributed by atoms with E-state index >= 15 is 0 Å². The van der Waals surface area contributed by atoms with Crippen molar-refractivity contribution in [2.75, 3.05) is 14.2 Å². The molecule has 0 aliphatic heterocycles. The second-order valence-electron chi connectivity index (χ2n) is 4.16. The monoisotopic (exact) mass is 403 g/mol. The molecule has 1 heterocycles. The summed E-state index contributed by atoms with van der Waals surface area (Å²) in [4.78, 5) is 1.35. The number of benzene rings is 1. The van der Waals surface area contributed by atoms with E-state index in [2.05, 4.69) is 54.7 Å². The number of hydrogen-bond acceptors (Lipinski definition) is 3. The summed E-state index contributed by atoms with van der Waals surface area (Å²) in [5.74, 6) is 0.880. The van der Waals surface area contributed by atoms with E-state index in [1.165, 1.54) is 10.4 Å². The van der Waals surface area contributed by atoms with Gasteiger partial charge in [-0.05, 0) is 52.8 Å². The molecule has 0 aliphatic carbocycles. The Balaban J connectivity index is 2.26. The summed E-state index contributed by atoms with van der Waals surface area (Å²) in [6.07, 6.45) is 0.957. The third-order valence-electron chi connectivity index (χ3n) is 2.95. The molecule has 0 spiro atoms. The fourth-order valence-electron chi connectivity index (χ4n) is 1.95. The van der Waals surface area contributed by atoms with Crippen LogP contribution in [0.1, 0.15) is 16.5 Å². The van der Waals surface area contributed by atoms with Crippen LogP contribution in [-0.2, 0) is 6.42 Å². The van der Waals surface area contributed by atoms with E-state index in [9.17, 15) is 0 Å². The standard InChI is InChI=1S/C14H15Br2NOS/c1-17-14(7-11-5-9(15)8-19-11)12-6-10(18-2)3-4-13(12)16/h3-6,8,14,17H,7H2,1-2H3. The summed E-state index contributed by atoms with van der Waals surface area (Å²) < 4.78 is 7.55. The Bertz CT molecular complexity index is 556. The molecule has 2 rings (SSSR count). The Hall–Kier alpha value is -0.360. The Kier molecular flexibility index (Phi) is 5.45. The molecule has 1 aromatic carbocycles. The molecule has 0 saturated carbocycles. The van der Waals surface area contributed by atoms with Gasteiger partial charge in [0.15, 0.2) is 0 Å². The van der Waals surface area contributed by atoms with E-state index < -0.39 is 0 Å². The molecule has 0 bridgehead atoms. The minimum absolute atomic E-state index is 0.259. The summed E-state index contributed by atoms with van der Waals surface area (Å²) in [5.41, 5.74) is 1.21. The van der Waals surface area contributed by atoms with Gasteiger partial charge in [-0.3, -0.25) is 0 Å². The minimum atomic E-state index is 0.259. The molecule has 19 heavy (non-hydrogen) atoms. The van der Waals surface area contributed by atoms with Crippen LogP contribution in [0.15, 0.2) is 38.6 Å². The zero-order valence-corrected chi connectivity index (χ0v) is 14.7. The highest BCUT2D eigenvalue weighted by Crippen LogP contribution is 2.31. The van der Waals surface area contributed by atoms with Gasteiger partial charge in [0, 0.05) is 31.7 Å². The van der Waals surface area contributed by atoms with Crippen molar-refractivity contribution in [3.63, 3.8) is 0 Å². The van der Waals surface area contributed by atoms with Gasteiger partial charge in [-0.25, -0.2) is 0 Å². The van der Waals surface area contributed by atoms with Crippen LogP contribution in [0, 0.1) is 0 Å². The van der Waals surface area contributed by atoms with E-state index in [-0.39, 0.29) is 6.04 Å². The highest BCUT2D eigenvalue weighted by atomic mass is 79.9. The molecule has 1 aromatic heterocycles. The lowest BCUT2D eigenvalue weighted by atomic mass is 10.0. The number of likely N-dealkylation sites (N-methyl/N-ethyl adjacent to an activating group) is 1. The lowest BCUT2D eigenvalue weighted by molar-refractivity contribution is 0.413. The largest absolute Gasteiger partial charge is 0.497 e. The van der Waals surface area contributed by atoms with Gasteiger partial charge < -0.3 is 10.1 Å². The number of hydrogen-bond donors (Lipinski definition) is 1. The third-order valence-corrected chi connectivity index (χ3v) is 5.40. The molecule has 1 unspecified atom stereocenters. The number of halogens is 2. The van der Waals surface area contributed by atoms with E-state index in [0.717, 1.165) is 21.1 Å². The third kappa shape index (κ3) is 3.81. The summed E-state index contributed by atoms with van der Waals surface area (Å²) >= 11 is 8.89. The average molecular weight is 405 g/mol. The number of nitrogens with one attached hydrogen (secondary N) is 1. The van der Waals surface area contributed by atoms with Crippen LogP contribution >= 0.6 is 43.2 Å². The molecule has 5 heteroatoms. The smallest absolute Gasteiger partial charge is 0.119 e. The van der Waals surface area contributed by atoms with E-state index in [1.807, 2.05) is 19.2 Å². The molecular weight excluding hydrogens is 390 g/mol. The van der Waals surface area contributed by atoms with Crippen LogP contribution in [0.5, 0.6) is 5.75 Å². The Morgan fingerprint density at radius 2 is 2.11 bits per heavy atom. The van der Waals surface area contributed by atoms with Crippen molar-refractivity contribution >= 4 is 43.2 Å². The van der Waals surface area contributed by atoms with Crippen LogP contribution in [0.2, 0.25) is 0 Å². The first-order valence-electron chi connectivity index (χ1n) is 5.87. The molecule has 0 fully saturated rings. The molecule has 0 radical (unpaired) electrons. The van der Waals surface area contributed by atoms with Crippen molar-refractivity contribution < 1.29 is 4.74 Å². The summed E-state index contributed by atoms with van der Waals surface area (Å²) in [6.45, 7) is 0. The number of thiophene rings is 1. The predicted octanol–water partition coefficient (Wildman–Crippen LogP) is 4.78. The van der Waals surface area contributed by atoms with Crippen LogP contribution in [0.25, 0.3) is 0 Å². The second kappa shape index (κ2) is 6.88. The zero-order valence-electron chi connectivity index (χ0n) is 10.7. The number of methoxy groups -OCH3 is 1. The van der Waals surface area contributed by atoms with Crippen molar-refractivity contribution in [2.24, 2.45) is 0 Å². The van der Waals surface area contributed by atoms with Crippen molar-refractivity contribution in [1.29, 1.82) is 0 Å². The van der Waals surface area contributed by atoms with Gasteiger partial charge in [-0.2, -0.15) is 0 Å². The second-order valence-corrected chi connectivity index (χ2v) is 6.93. The van der Waals surface area contributed by atoms with Crippen LogP contribution in [0.3, 0.4) is 0 Å². The van der Waals surface area contributed by atoms with E-state index in [4.69, 9.17) is 4.74 Å². The maximum atomic E-state index is 5.31. The highest BCUT2D eigenvalue weighted by molar-refractivity contribution is 9.10. The van der Waals surface area contributed by atoms with E-state index in [0.29, 0.717) is 0 Å². The quantitative estimate of drug-likeness (QED) is 0.773. The van der Waals surface area contributed by atoms with Gasteiger partial charge in [0.2, 0.25) is 0 Å². The van der Waals surface area contributed by atoms with E-state index in [1.54, 1.807) is 18.4 Å². The van der Waals surface area contributed by atoms with Gasteiger partial charge in [-0.1, -0.05) is 15.9 Å². The molecule has 1 atom stereocenters. The van der Waals surface area contributed by atoms with Crippen molar-refractivity contribution in [1.82, 2.24) is 5.32 Å². The fraction of sp³-hybridized carbons (Fsp3) is 0.286. The molecule has 2 aromatic rings. The topological polar surface area (TPSA) is 21.3 Å². The molecule has 1 N–H and O–H groups in total. The summed E-state index contributed by atoms with van der Waals surface area (Å²) in [7, 11) is 3.68. The van der Waals surface area contributed by atoms with Gasteiger partial charge in [0.1, 0.15) is 5.75 Å². The Morgan fingerprint density at radius 3 is 2.68 bits per heavy atom. The van der Waals surface area contributed by atoms with Crippen molar-refractivity contribution in [3.8, 4) is 5.75 Å². The highest BCUT2D eigenvalue weighted by Gasteiger charge is 2.15. The fourth-order valence-corrected chi connectivity index (χ4v) is 3.97. The average Bonchev–Trinajstić information content (AvgIpc) is 2.82. The SMILES string of the molecule is CNC(Cc1cc(Br)cs1)c1cc(OC)ccc1Br. The first-order valence-corrected chi connectivity index (χ1v) is 8.34. The summed E-state index contributed by atoms with van der Waals surface area (Å²) in [6, 6.07) is 8.50. The molecule has 2 nitrogen and oxygen atoms in total. The van der Waals surface area contributed by atoms with Gasteiger partial charge in [-0.15, -0.1) is 11.3 Å². The molecule has 102 valence electrons. The normalized spacial score (nSPS) is 12.4. The maximum absolute atomic E-state index is 5.31. The van der Waals surface area contributed by atoms with Gasteiger partial charge in [0.05, 0.1) is 7.11 Å². The van der Waals surface area contributed by atoms with Crippen LogP contribution in [-0.4, -0.2) is 14.2 Å². The van der Waals surface area contributed by atoms with Gasteiger partial charge >= 0.3 is 0 Å². The lowest BCUT2D eigenvalue weighted by Crippen LogP contribution is -2.19. The summed E-state index contributed by atoms with van der Waals surface area (Å²) in [5, 5.41) is 5.49. The first-order chi connectivity index (χ1) is 9.13.